The molecule has 0 aliphatic carbocycles. The fraction of sp³-hybridized carbons (Fsp3) is 0.0870. The van der Waals surface area contributed by atoms with Crippen LogP contribution in [0.25, 0.3) is 23.2 Å². The van der Waals surface area contributed by atoms with E-state index in [0.717, 1.165) is 16.8 Å². The van der Waals surface area contributed by atoms with E-state index >= 15 is 0 Å². The van der Waals surface area contributed by atoms with Crippen molar-refractivity contribution < 1.29 is 9.21 Å². The summed E-state index contributed by atoms with van der Waals surface area (Å²) in [5, 5.41) is 13.8. The van der Waals surface area contributed by atoms with Crippen molar-refractivity contribution in [2.75, 3.05) is 5.75 Å². The summed E-state index contributed by atoms with van der Waals surface area (Å²) in [6.07, 6.45) is 8.36. The van der Waals surface area contributed by atoms with Gasteiger partial charge >= 0.3 is 0 Å². The number of nitrogens with zero attached hydrogens (tertiary/aromatic N) is 5. The Morgan fingerprint density at radius 2 is 1.97 bits per heavy atom. The first-order valence-electron chi connectivity index (χ1n) is 9.88. The van der Waals surface area contributed by atoms with Crippen LogP contribution >= 0.6 is 23.4 Å². The summed E-state index contributed by atoms with van der Waals surface area (Å²) in [6, 6.07) is 14.7. The molecule has 0 atom stereocenters. The molecule has 0 bridgehead atoms. The summed E-state index contributed by atoms with van der Waals surface area (Å²) >= 11 is 7.31. The van der Waals surface area contributed by atoms with Gasteiger partial charge in [0.2, 0.25) is 0 Å². The Bertz CT molecular complexity index is 1270. The number of thioether (sulfide) groups is 1. The number of carbonyl (C=O) groups is 1. The molecule has 0 radical (unpaired) electrons. The highest BCUT2D eigenvalue weighted by Crippen LogP contribution is 2.28. The molecule has 3 aromatic heterocycles. The van der Waals surface area contributed by atoms with E-state index in [1.165, 1.54) is 11.8 Å². The molecule has 1 amide bonds. The van der Waals surface area contributed by atoms with Crippen LogP contribution in [0, 0.1) is 0 Å². The molecular weight excluding hydrogens is 460 g/mol. The van der Waals surface area contributed by atoms with E-state index < -0.39 is 0 Å². The summed E-state index contributed by atoms with van der Waals surface area (Å²) in [4.78, 5) is 16.4. The van der Waals surface area contributed by atoms with Crippen LogP contribution in [-0.4, -0.2) is 37.6 Å². The Labute approximate surface area is 199 Å². The number of nitrogens with one attached hydrogen (secondary N) is 1. The monoisotopic (exact) mass is 478 g/mol. The predicted molar refractivity (Wildman–Crippen MR) is 129 cm³/mol. The maximum atomic E-state index is 12.3. The Morgan fingerprint density at radius 3 is 2.70 bits per heavy atom. The zero-order valence-electron chi connectivity index (χ0n) is 17.6. The third-order valence-electron chi connectivity index (χ3n) is 4.36. The van der Waals surface area contributed by atoms with E-state index in [4.69, 9.17) is 16.0 Å². The van der Waals surface area contributed by atoms with E-state index in [9.17, 15) is 4.79 Å². The quantitative estimate of drug-likeness (QED) is 0.220. The van der Waals surface area contributed by atoms with Crippen LogP contribution in [0.1, 0.15) is 12.7 Å². The molecule has 3 heterocycles. The first-order valence-corrected chi connectivity index (χ1v) is 11.2. The second-order valence-corrected chi connectivity index (χ2v) is 8.22. The van der Waals surface area contributed by atoms with Gasteiger partial charge in [-0.25, -0.2) is 5.43 Å². The number of hydrogen-bond acceptors (Lipinski definition) is 7. The zero-order chi connectivity index (χ0) is 23.0. The molecule has 0 saturated carbocycles. The summed E-state index contributed by atoms with van der Waals surface area (Å²) in [5.41, 5.74) is 5.04. The highest BCUT2D eigenvalue weighted by Gasteiger charge is 2.17. The van der Waals surface area contributed by atoms with Crippen LogP contribution < -0.4 is 5.43 Å². The lowest BCUT2D eigenvalue weighted by Crippen LogP contribution is -2.20. The largest absolute Gasteiger partial charge is 0.465 e. The van der Waals surface area contributed by atoms with Crippen LogP contribution in [0.3, 0.4) is 0 Å². The van der Waals surface area contributed by atoms with Gasteiger partial charge < -0.3 is 4.42 Å². The average Bonchev–Trinajstić information content (AvgIpc) is 3.49. The molecule has 0 unspecified atom stereocenters. The smallest absolute Gasteiger partial charge is 0.250 e. The molecule has 10 heteroatoms. The first kappa shape index (κ1) is 22.5. The Hall–Kier alpha value is -3.69. The highest BCUT2D eigenvalue weighted by atomic mass is 35.5. The SMILES string of the molecule is CC(/C=N/NC(=O)CSc1nnc(-c2ccncc2)n1-c1ccc(Cl)cc1)=C\c1ccco1. The van der Waals surface area contributed by atoms with Gasteiger partial charge in [-0.1, -0.05) is 23.4 Å². The zero-order valence-corrected chi connectivity index (χ0v) is 19.1. The third-order valence-corrected chi connectivity index (χ3v) is 5.54. The molecule has 8 nitrogen and oxygen atoms in total. The van der Waals surface area contributed by atoms with Gasteiger partial charge in [-0.15, -0.1) is 10.2 Å². The van der Waals surface area contributed by atoms with Crippen molar-refractivity contribution in [3.8, 4) is 17.1 Å². The number of carbonyl (C=O) groups excluding carboxylic acids is 1. The number of halogens is 1. The van der Waals surface area contributed by atoms with Crippen LogP contribution in [-0.2, 0) is 4.79 Å². The number of pyridine rings is 1. The number of amides is 1. The highest BCUT2D eigenvalue weighted by molar-refractivity contribution is 7.99. The number of rotatable bonds is 8. The van der Waals surface area contributed by atoms with Gasteiger partial charge in [0, 0.05) is 28.7 Å². The number of hydrazone groups is 1. The van der Waals surface area contributed by atoms with Crippen molar-refractivity contribution >= 4 is 41.6 Å². The number of aromatic nitrogens is 4. The number of benzene rings is 1. The second-order valence-electron chi connectivity index (χ2n) is 6.84. The van der Waals surface area contributed by atoms with Gasteiger partial charge in [-0.2, -0.15) is 5.10 Å². The molecule has 0 fully saturated rings. The lowest BCUT2D eigenvalue weighted by atomic mass is 10.2. The molecule has 4 aromatic rings. The van der Waals surface area contributed by atoms with Crippen molar-refractivity contribution in [2.45, 2.75) is 12.1 Å². The molecule has 33 heavy (non-hydrogen) atoms. The minimum atomic E-state index is -0.266. The molecule has 1 aromatic carbocycles. The first-order chi connectivity index (χ1) is 16.1. The number of allylic oxidation sites excluding steroid dienone is 1. The van der Waals surface area contributed by atoms with Crippen molar-refractivity contribution in [3.63, 3.8) is 0 Å². The average molecular weight is 479 g/mol. The third kappa shape index (κ3) is 5.97. The van der Waals surface area contributed by atoms with Gasteiger partial charge in [0.1, 0.15) is 5.76 Å². The Kier molecular flexibility index (Phi) is 7.33. The van der Waals surface area contributed by atoms with Gasteiger partial charge in [0.25, 0.3) is 5.91 Å². The molecule has 4 rings (SSSR count). The molecule has 166 valence electrons. The normalized spacial score (nSPS) is 11.8. The van der Waals surface area contributed by atoms with Crippen molar-refractivity contribution in [1.82, 2.24) is 25.2 Å². The minimum Gasteiger partial charge on any atom is -0.465 e. The van der Waals surface area contributed by atoms with E-state index in [1.54, 1.807) is 43.1 Å². The molecule has 1 N–H and O–H groups in total. The molecule has 0 saturated heterocycles. The van der Waals surface area contributed by atoms with Gasteiger partial charge in [0.05, 0.1) is 18.2 Å². The standard InChI is InChI=1S/C23H19ClN6O2S/c1-16(13-20-3-2-12-32-20)14-26-27-21(31)15-33-23-29-28-22(17-8-10-25-11-9-17)30(23)19-6-4-18(24)5-7-19/h2-14H,15H2,1H3,(H,27,31)/b16-13+,26-14+. The van der Waals surface area contributed by atoms with E-state index in [0.29, 0.717) is 21.8 Å². The predicted octanol–water partition coefficient (Wildman–Crippen LogP) is 4.87. The van der Waals surface area contributed by atoms with E-state index in [2.05, 4.69) is 25.7 Å². The van der Waals surface area contributed by atoms with Crippen LogP contribution in [0.15, 0.2) is 87.4 Å². The summed E-state index contributed by atoms with van der Waals surface area (Å²) in [5.74, 6) is 1.20. The number of hydrogen-bond donors (Lipinski definition) is 1. The van der Waals surface area contributed by atoms with Gasteiger partial charge in [-0.05, 0) is 67.1 Å². The van der Waals surface area contributed by atoms with E-state index in [-0.39, 0.29) is 11.7 Å². The second kappa shape index (κ2) is 10.8. The van der Waals surface area contributed by atoms with Gasteiger partial charge in [0.15, 0.2) is 11.0 Å². The molecular formula is C23H19ClN6O2S. The lowest BCUT2D eigenvalue weighted by molar-refractivity contribution is -0.118. The molecule has 0 aliphatic heterocycles. The maximum Gasteiger partial charge on any atom is 0.250 e. The fourth-order valence-electron chi connectivity index (χ4n) is 2.88. The Balaban J connectivity index is 1.46. The van der Waals surface area contributed by atoms with Crippen LogP contribution in [0.5, 0.6) is 0 Å². The minimum absolute atomic E-state index is 0.111. The maximum absolute atomic E-state index is 12.3. The molecule has 0 aliphatic rings. The van der Waals surface area contributed by atoms with Crippen molar-refractivity contribution in [3.05, 3.63) is 83.5 Å². The summed E-state index contributed by atoms with van der Waals surface area (Å²) < 4.78 is 7.13. The Morgan fingerprint density at radius 1 is 1.18 bits per heavy atom. The van der Waals surface area contributed by atoms with Crippen molar-refractivity contribution in [1.29, 1.82) is 0 Å². The van der Waals surface area contributed by atoms with Crippen molar-refractivity contribution in [2.24, 2.45) is 5.10 Å². The van der Waals surface area contributed by atoms with Crippen LogP contribution in [0.2, 0.25) is 5.02 Å². The van der Waals surface area contributed by atoms with Crippen LogP contribution in [0.4, 0.5) is 0 Å². The molecule has 0 spiro atoms. The lowest BCUT2D eigenvalue weighted by Gasteiger charge is -2.10. The number of furan rings is 1. The summed E-state index contributed by atoms with van der Waals surface area (Å²) in [6.45, 7) is 1.86. The fourth-order valence-corrected chi connectivity index (χ4v) is 3.75. The van der Waals surface area contributed by atoms with E-state index in [1.807, 2.05) is 47.9 Å². The summed E-state index contributed by atoms with van der Waals surface area (Å²) in [7, 11) is 0. The topological polar surface area (TPSA) is 98.2 Å². The van der Waals surface area contributed by atoms with Gasteiger partial charge in [-0.3, -0.25) is 14.3 Å².